The Balaban J connectivity index is 2.66. The zero-order valence-electron chi connectivity index (χ0n) is 9.80. The standard InChI is InChI=1S/C12H15NO3S/c1-8(11(13)14)17-7-9-4-3-5-10(6-9)12(15)16-2/h3-6,8H,7H2,1-2H3,(H2,13,14)/t8-/m1/s1. The molecule has 1 rings (SSSR count). The van der Waals surface area contributed by atoms with E-state index < -0.39 is 0 Å². The van der Waals surface area contributed by atoms with Crippen LogP contribution in [0.1, 0.15) is 22.8 Å². The number of ether oxygens (including phenoxy) is 1. The van der Waals surface area contributed by atoms with Gasteiger partial charge >= 0.3 is 5.97 Å². The number of esters is 1. The molecular formula is C12H15NO3S. The van der Waals surface area contributed by atoms with E-state index in [9.17, 15) is 9.59 Å². The fourth-order valence-electron chi connectivity index (χ4n) is 1.21. The third-order valence-corrected chi connectivity index (χ3v) is 3.48. The predicted octanol–water partition coefficient (Wildman–Crippen LogP) is 1.58. The van der Waals surface area contributed by atoms with Crippen LogP contribution >= 0.6 is 11.8 Å². The average molecular weight is 253 g/mol. The molecule has 0 saturated carbocycles. The molecule has 0 aliphatic rings. The van der Waals surface area contributed by atoms with Crippen LogP contribution in [0.3, 0.4) is 0 Å². The van der Waals surface area contributed by atoms with Gasteiger partial charge in [0.25, 0.3) is 0 Å². The smallest absolute Gasteiger partial charge is 0.337 e. The maximum atomic E-state index is 11.3. The van der Waals surface area contributed by atoms with Gasteiger partial charge in [0, 0.05) is 5.75 Å². The minimum absolute atomic E-state index is 0.239. The third kappa shape index (κ3) is 4.11. The highest BCUT2D eigenvalue weighted by Crippen LogP contribution is 2.18. The zero-order chi connectivity index (χ0) is 12.8. The van der Waals surface area contributed by atoms with Gasteiger partial charge in [0.2, 0.25) is 5.91 Å². The van der Waals surface area contributed by atoms with Crippen molar-refractivity contribution < 1.29 is 14.3 Å². The molecule has 0 saturated heterocycles. The first-order valence-electron chi connectivity index (χ1n) is 5.12. The van der Waals surface area contributed by atoms with Crippen molar-refractivity contribution in [1.29, 1.82) is 0 Å². The van der Waals surface area contributed by atoms with Gasteiger partial charge in [-0.2, -0.15) is 0 Å². The number of methoxy groups -OCH3 is 1. The van der Waals surface area contributed by atoms with Crippen LogP contribution in [0.4, 0.5) is 0 Å². The lowest BCUT2D eigenvalue weighted by molar-refractivity contribution is -0.117. The number of hydrogen-bond donors (Lipinski definition) is 1. The summed E-state index contributed by atoms with van der Waals surface area (Å²) in [5.41, 5.74) is 6.64. The van der Waals surface area contributed by atoms with E-state index in [1.807, 2.05) is 6.07 Å². The molecule has 1 aromatic rings. The van der Waals surface area contributed by atoms with Crippen molar-refractivity contribution in [3.63, 3.8) is 0 Å². The molecule has 4 nitrogen and oxygen atoms in total. The molecule has 17 heavy (non-hydrogen) atoms. The zero-order valence-corrected chi connectivity index (χ0v) is 10.6. The van der Waals surface area contributed by atoms with Crippen molar-refractivity contribution >= 4 is 23.6 Å². The number of carbonyl (C=O) groups excluding carboxylic acids is 2. The van der Waals surface area contributed by atoms with Gasteiger partial charge in [-0.15, -0.1) is 11.8 Å². The lowest BCUT2D eigenvalue weighted by Gasteiger charge is -2.07. The number of nitrogens with two attached hydrogens (primary N) is 1. The maximum absolute atomic E-state index is 11.3. The number of primary amides is 1. The molecule has 0 radical (unpaired) electrons. The van der Waals surface area contributed by atoms with E-state index in [2.05, 4.69) is 4.74 Å². The Morgan fingerprint density at radius 3 is 2.76 bits per heavy atom. The quantitative estimate of drug-likeness (QED) is 0.809. The van der Waals surface area contributed by atoms with Crippen LogP contribution < -0.4 is 5.73 Å². The van der Waals surface area contributed by atoms with Crippen molar-refractivity contribution in [3.05, 3.63) is 35.4 Å². The Morgan fingerprint density at radius 2 is 2.18 bits per heavy atom. The molecule has 0 fully saturated rings. The number of carbonyl (C=O) groups is 2. The summed E-state index contributed by atoms with van der Waals surface area (Å²) in [4.78, 5) is 22.2. The molecule has 0 aliphatic heterocycles. The van der Waals surface area contributed by atoms with E-state index in [0.29, 0.717) is 11.3 Å². The topological polar surface area (TPSA) is 69.4 Å². The van der Waals surface area contributed by atoms with Crippen molar-refractivity contribution in [1.82, 2.24) is 0 Å². The van der Waals surface area contributed by atoms with Crippen LogP contribution in [0.2, 0.25) is 0 Å². The van der Waals surface area contributed by atoms with Crippen molar-refractivity contribution in [3.8, 4) is 0 Å². The van der Waals surface area contributed by atoms with E-state index in [1.165, 1.54) is 18.9 Å². The van der Waals surface area contributed by atoms with Gasteiger partial charge in [0.05, 0.1) is 17.9 Å². The fraction of sp³-hybridized carbons (Fsp3) is 0.333. The summed E-state index contributed by atoms with van der Waals surface area (Å²) >= 11 is 1.44. The van der Waals surface area contributed by atoms with Crippen LogP contribution in [0.25, 0.3) is 0 Å². The summed E-state index contributed by atoms with van der Waals surface area (Å²) in [6.45, 7) is 1.76. The first-order valence-corrected chi connectivity index (χ1v) is 6.17. The van der Waals surface area contributed by atoms with Gasteiger partial charge in [-0.3, -0.25) is 4.79 Å². The highest BCUT2D eigenvalue weighted by molar-refractivity contribution is 7.99. The molecule has 5 heteroatoms. The van der Waals surface area contributed by atoms with Crippen LogP contribution in [0.15, 0.2) is 24.3 Å². The number of thioether (sulfide) groups is 1. The molecule has 0 unspecified atom stereocenters. The summed E-state index contributed by atoms with van der Waals surface area (Å²) in [5, 5.41) is -0.239. The summed E-state index contributed by atoms with van der Waals surface area (Å²) < 4.78 is 4.64. The van der Waals surface area contributed by atoms with Crippen LogP contribution in [-0.2, 0) is 15.3 Å². The predicted molar refractivity (Wildman–Crippen MR) is 67.7 cm³/mol. The van der Waals surface area contributed by atoms with Gasteiger partial charge in [0.15, 0.2) is 0 Å². The largest absolute Gasteiger partial charge is 0.465 e. The SMILES string of the molecule is COC(=O)c1cccc(CS[C@H](C)C(N)=O)c1. The molecule has 92 valence electrons. The van der Waals surface area contributed by atoms with Crippen molar-refractivity contribution in [2.75, 3.05) is 7.11 Å². The number of rotatable bonds is 5. The van der Waals surface area contributed by atoms with E-state index in [4.69, 9.17) is 5.73 Å². The van der Waals surface area contributed by atoms with Gasteiger partial charge < -0.3 is 10.5 Å². The van der Waals surface area contributed by atoms with Gasteiger partial charge in [-0.05, 0) is 24.6 Å². The maximum Gasteiger partial charge on any atom is 0.337 e. The van der Waals surface area contributed by atoms with Crippen molar-refractivity contribution in [2.45, 2.75) is 17.9 Å². The highest BCUT2D eigenvalue weighted by atomic mass is 32.2. The molecule has 0 aliphatic carbocycles. The van der Waals surface area contributed by atoms with Gasteiger partial charge in [-0.1, -0.05) is 12.1 Å². The Labute approximate surface area is 105 Å². The normalized spacial score (nSPS) is 11.9. The van der Waals surface area contributed by atoms with E-state index in [0.717, 1.165) is 5.56 Å². The van der Waals surface area contributed by atoms with Crippen molar-refractivity contribution in [2.24, 2.45) is 5.73 Å². The molecule has 1 aromatic carbocycles. The minimum Gasteiger partial charge on any atom is -0.465 e. The van der Waals surface area contributed by atoms with Crippen LogP contribution in [-0.4, -0.2) is 24.2 Å². The lowest BCUT2D eigenvalue weighted by Crippen LogP contribution is -2.22. The first-order chi connectivity index (χ1) is 8.04. The minimum atomic E-state index is -0.361. The van der Waals surface area contributed by atoms with Crippen LogP contribution in [0.5, 0.6) is 0 Å². The van der Waals surface area contributed by atoms with E-state index in [1.54, 1.807) is 25.1 Å². The molecule has 0 heterocycles. The van der Waals surface area contributed by atoms with E-state index in [-0.39, 0.29) is 17.1 Å². The first kappa shape index (κ1) is 13.6. The number of amides is 1. The Hall–Kier alpha value is -1.49. The Bertz CT molecular complexity index is 420. The second kappa shape index (κ2) is 6.30. The summed E-state index contributed by atoms with van der Waals surface area (Å²) in [5.74, 6) is -0.0616. The molecule has 0 aromatic heterocycles. The average Bonchev–Trinajstić information content (AvgIpc) is 2.35. The molecule has 1 amide bonds. The summed E-state index contributed by atoms with van der Waals surface area (Å²) in [6.07, 6.45) is 0. The Morgan fingerprint density at radius 1 is 1.47 bits per heavy atom. The van der Waals surface area contributed by atoms with Gasteiger partial charge in [0.1, 0.15) is 0 Å². The molecular weight excluding hydrogens is 238 g/mol. The second-order valence-corrected chi connectivity index (χ2v) is 4.88. The van der Waals surface area contributed by atoms with Gasteiger partial charge in [-0.25, -0.2) is 4.79 Å². The number of hydrogen-bond acceptors (Lipinski definition) is 4. The van der Waals surface area contributed by atoms with E-state index >= 15 is 0 Å². The Kier molecular flexibility index (Phi) is 5.03. The molecule has 2 N–H and O–H groups in total. The number of benzene rings is 1. The van der Waals surface area contributed by atoms with Crippen LogP contribution in [0, 0.1) is 0 Å². The second-order valence-electron chi connectivity index (χ2n) is 3.55. The summed E-state index contributed by atoms with van der Waals surface area (Å²) in [7, 11) is 1.35. The lowest BCUT2D eigenvalue weighted by atomic mass is 10.1. The fourth-order valence-corrected chi connectivity index (χ4v) is 2.00. The third-order valence-electron chi connectivity index (χ3n) is 2.25. The molecule has 0 bridgehead atoms. The monoisotopic (exact) mass is 253 g/mol. The summed E-state index contributed by atoms with van der Waals surface area (Å²) in [6, 6.07) is 7.13. The highest BCUT2D eigenvalue weighted by Gasteiger charge is 2.10. The molecule has 1 atom stereocenters. The molecule has 0 spiro atoms.